The third-order valence-corrected chi connectivity index (χ3v) is 4.23. The van der Waals surface area contributed by atoms with Gasteiger partial charge in [-0.2, -0.15) is 0 Å². The summed E-state index contributed by atoms with van der Waals surface area (Å²) in [6.07, 6.45) is 5.45. The highest BCUT2D eigenvalue weighted by Gasteiger charge is 2.06. The number of hydrogen-bond donors (Lipinski definition) is 1. The molecule has 0 bridgehead atoms. The smallest absolute Gasteiger partial charge is 0.244 e. The molecule has 0 radical (unpaired) electrons. The second-order valence-corrected chi connectivity index (χ2v) is 6.27. The van der Waals surface area contributed by atoms with Crippen molar-refractivity contribution in [3.05, 3.63) is 22.2 Å². The molecule has 1 aromatic heterocycles. The summed E-state index contributed by atoms with van der Waals surface area (Å²) in [5.74, 6) is -0.0454. The summed E-state index contributed by atoms with van der Waals surface area (Å²) < 4.78 is 0. The van der Waals surface area contributed by atoms with Crippen LogP contribution in [0.5, 0.6) is 0 Å². The van der Waals surface area contributed by atoms with E-state index in [1.54, 1.807) is 23.5 Å². The number of carbonyl (C=O) groups is 1. The van der Waals surface area contributed by atoms with Gasteiger partial charge >= 0.3 is 0 Å². The van der Waals surface area contributed by atoms with Crippen molar-refractivity contribution in [3.8, 4) is 0 Å². The normalized spacial score (nSPS) is 13.0. The zero-order chi connectivity index (χ0) is 15.7. The van der Waals surface area contributed by atoms with Crippen molar-refractivity contribution in [2.24, 2.45) is 0 Å². The van der Waals surface area contributed by atoms with Crippen molar-refractivity contribution in [3.63, 3.8) is 0 Å². The van der Waals surface area contributed by atoms with Gasteiger partial charge in [-0.3, -0.25) is 4.79 Å². The van der Waals surface area contributed by atoms with Crippen molar-refractivity contribution in [1.82, 2.24) is 15.2 Å². The zero-order valence-electron chi connectivity index (χ0n) is 13.6. The number of nitrogens with one attached hydrogen (secondary N) is 1. The molecule has 0 fully saturated rings. The third-order valence-electron chi connectivity index (χ3n) is 3.44. The summed E-state index contributed by atoms with van der Waals surface area (Å²) in [6.45, 7) is 11.7. The monoisotopic (exact) mass is 309 g/mol. The van der Waals surface area contributed by atoms with Gasteiger partial charge in [-0.05, 0) is 52.4 Å². The molecule has 1 aromatic rings. The van der Waals surface area contributed by atoms with Crippen LogP contribution in [-0.4, -0.2) is 41.5 Å². The Bertz CT molecular complexity index is 452. The molecule has 5 heteroatoms. The SMILES string of the molecule is CCN(CC)CCC[C@H](C)NC(=O)/C=C\c1csc(C)n1. The Kier molecular flexibility index (Phi) is 8.23. The molecule has 1 amide bonds. The van der Waals surface area contributed by atoms with E-state index in [0.29, 0.717) is 0 Å². The number of nitrogens with zero attached hydrogens (tertiary/aromatic N) is 2. The molecule has 1 atom stereocenters. The quantitative estimate of drug-likeness (QED) is 0.713. The number of hydrogen-bond acceptors (Lipinski definition) is 4. The third kappa shape index (κ3) is 7.39. The Morgan fingerprint density at radius 2 is 2.19 bits per heavy atom. The highest BCUT2D eigenvalue weighted by atomic mass is 32.1. The van der Waals surface area contributed by atoms with Crippen molar-refractivity contribution in [2.75, 3.05) is 19.6 Å². The lowest BCUT2D eigenvalue weighted by molar-refractivity contribution is -0.117. The fraction of sp³-hybridized carbons (Fsp3) is 0.625. The van der Waals surface area contributed by atoms with E-state index in [4.69, 9.17) is 0 Å². The van der Waals surface area contributed by atoms with Gasteiger partial charge in [0.2, 0.25) is 5.91 Å². The van der Waals surface area contributed by atoms with E-state index in [2.05, 4.69) is 36.0 Å². The Labute approximate surface area is 132 Å². The predicted octanol–water partition coefficient (Wildman–Crippen LogP) is 3.09. The first-order chi connectivity index (χ1) is 10.0. The highest BCUT2D eigenvalue weighted by molar-refractivity contribution is 7.09. The van der Waals surface area contributed by atoms with E-state index in [1.165, 1.54) is 0 Å². The van der Waals surface area contributed by atoms with Crippen LogP contribution < -0.4 is 5.32 Å². The maximum atomic E-state index is 11.8. The van der Waals surface area contributed by atoms with E-state index in [9.17, 15) is 4.79 Å². The minimum Gasteiger partial charge on any atom is -0.350 e. The van der Waals surface area contributed by atoms with Gasteiger partial charge in [0, 0.05) is 17.5 Å². The minimum atomic E-state index is -0.0454. The lowest BCUT2D eigenvalue weighted by Gasteiger charge is -2.19. The number of amides is 1. The predicted molar refractivity (Wildman–Crippen MR) is 90.5 cm³/mol. The van der Waals surface area contributed by atoms with Crippen LogP contribution in [0.25, 0.3) is 6.08 Å². The first kappa shape index (κ1) is 17.9. The van der Waals surface area contributed by atoms with Crippen LogP contribution in [0.3, 0.4) is 0 Å². The molecule has 0 aromatic carbocycles. The van der Waals surface area contributed by atoms with E-state index in [1.807, 2.05) is 12.3 Å². The molecule has 0 spiro atoms. The van der Waals surface area contributed by atoms with Gasteiger partial charge in [-0.1, -0.05) is 13.8 Å². The Morgan fingerprint density at radius 3 is 2.76 bits per heavy atom. The van der Waals surface area contributed by atoms with E-state index in [-0.39, 0.29) is 11.9 Å². The van der Waals surface area contributed by atoms with Crippen LogP contribution in [0.1, 0.15) is 44.3 Å². The zero-order valence-corrected chi connectivity index (χ0v) is 14.4. The number of aryl methyl sites for hydroxylation is 1. The highest BCUT2D eigenvalue weighted by Crippen LogP contribution is 2.09. The summed E-state index contributed by atoms with van der Waals surface area (Å²) >= 11 is 1.59. The van der Waals surface area contributed by atoms with Crippen LogP contribution >= 0.6 is 11.3 Å². The molecule has 0 aliphatic carbocycles. The summed E-state index contributed by atoms with van der Waals surface area (Å²) in [5.41, 5.74) is 0.849. The second kappa shape index (κ2) is 9.68. The van der Waals surface area contributed by atoms with Gasteiger partial charge in [0.25, 0.3) is 0 Å². The molecule has 0 aliphatic heterocycles. The standard InChI is InChI=1S/C16H27N3OS/c1-5-19(6-2)11-7-8-13(3)17-16(20)10-9-15-12-21-14(4)18-15/h9-10,12-13H,5-8,11H2,1-4H3,(H,17,20)/b10-9-/t13-/m0/s1. The molecular formula is C16H27N3OS. The fourth-order valence-corrected chi connectivity index (χ4v) is 2.72. The first-order valence-corrected chi connectivity index (χ1v) is 8.56. The van der Waals surface area contributed by atoms with Gasteiger partial charge in [0.05, 0.1) is 10.7 Å². The van der Waals surface area contributed by atoms with Crippen LogP contribution in [0.4, 0.5) is 0 Å². The molecule has 0 aliphatic rings. The molecular weight excluding hydrogens is 282 g/mol. The van der Waals surface area contributed by atoms with Crippen LogP contribution in [0, 0.1) is 6.92 Å². The van der Waals surface area contributed by atoms with E-state index < -0.39 is 0 Å². The number of thiazole rings is 1. The molecule has 4 nitrogen and oxygen atoms in total. The molecule has 1 N–H and O–H groups in total. The average Bonchev–Trinajstić information content (AvgIpc) is 2.87. The van der Waals surface area contributed by atoms with Crippen molar-refractivity contribution >= 4 is 23.3 Å². The van der Waals surface area contributed by atoms with Gasteiger partial charge < -0.3 is 10.2 Å². The summed E-state index contributed by atoms with van der Waals surface area (Å²) in [5, 5.41) is 5.96. The number of aromatic nitrogens is 1. The van der Waals surface area contributed by atoms with Gasteiger partial charge in [0.1, 0.15) is 0 Å². The summed E-state index contributed by atoms with van der Waals surface area (Å²) in [7, 11) is 0. The fourth-order valence-electron chi connectivity index (χ4n) is 2.14. The van der Waals surface area contributed by atoms with Gasteiger partial charge in [0.15, 0.2) is 0 Å². The molecule has 21 heavy (non-hydrogen) atoms. The largest absolute Gasteiger partial charge is 0.350 e. The van der Waals surface area contributed by atoms with Crippen LogP contribution in [0.2, 0.25) is 0 Å². The maximum Gasteiger partial charge on any atom is 0.244 e. The molecule has 1 heterocycles. The number of rotatable bonds is 9. The molecule has 1 rings (SSSR count). The Balaban J connectivity index is 2.25. The Morgan fingerprint density at radius 1 is 1.48 bits per heavy atom. The first-order valence-electron chi connectivity index (χ1n) is 7.68. The van der Waals surface area contributed by atoms with Gasteiger partial charge in [-0.15, -0.1) is 11.3 Å². The average molecular weight is 309 g/mol. The summed E-state index contributed by atoms with van der Waals surface area (Å²) in [4.78, 5) is 18.5. The van der Waals surface area contributed by atoms with Gasteiger partial charge in [-0.25, -0.2) is 4.98 Å². The van der Waals surface area contributed by atoms with Crippen molar-refractivity contribution < 1.29 is 4.79 Å². The topological polar surface area (TPSA) is 45.2 Å². The van der Waals surface area contributed by atoms with Crippen LogP contribution in [0.15, 0.2) is 11.5 Å². The molecule has 0 saturated carbocycles. The van der Waals surface area contributed by atoms with Crippen molar-refractivity contribution in [1.29, 1.82) is 0 Å². The van der Waals surface area contributed by atoms with Crippen molar-refractivity contribution in [2.45, 2.75) is 46.6 Å². The summed E-state index contributed by atoms with van der Waals surface area (Å²) in [6, 6.07) is 0.204. The van der Waals surface area contributed by atoms with Crippen LogP contribution in [-0.2, 0) is 4.79 Å². The molecule has 118 valence electrons. The Hall–Kier alpha value is -1.20. The number of carbonyl (C=O) groups excluding carboxylic acids is 1. The van der Waals surface area contributed by atoms with E-state index in [0.717, 1.165) is 43.2 Å². The second-order valence-electron chi connectivity index (χ2n) is 5.20. The lowest BCUT2D eigenvalue weighted by Crippen LogP contribution is -2.32. The van der Waals surface area contributed by atoms with E-state index >= 15 is 0 Å². The maximum absolute atomic E-state index is 11.8. The molecule has 0 unspecified atom stereocenters. The lowest BCUT2D eigenvalue weighted by atomic mass is 10.1. The molecule has 0 saturated heterocycles. The minimum absolute atomic E-state index is 0.0454.